The van der Waals surface area contributed by atoms with Gasteiger partial charge in [0.05, 0.1) is 22.3 Å². The van der Waals surface area contributed by atoms with E-state index in [1.54, 1.807) is 16.5 Å². The zero-order valence-electron chi connectivity index (χ0n) is 11.3. The van der Waals surface area contributed by atoms with Crippen LogP contribution in [0.15, 0.2) is 23.7 Å². The molecular weight excluding hydrogens is 347 g/mol. The summed E-state index contributed by atoms with van der Waals surface area (Å²) >= 11 is 13.9. The monoisotopic (exact) mass is 356 g/mol. The maximum absolute atomic E-state index is 11.0. The Bertz CT molecular complexity index is 872. The molecule has 114 valence electrons. The molecule has 1 N–H and O–H groups in total. The van der Waals surface area contributed by atoms with Crippen molar-refractivity contribution in [1.82, 2.24) is 9.38 Å². The predicted octanol–water partition coefficient (Wildman–Crippen LogP) is 4.47. The molecule has 0 unspecified atom stereocenters. The van der Waals surface area contributed by atoms with E-state index in [9.17, 15) is 4.79 Å². The number of thiazole rings is 1. The number of imidazole rings is 1. The van der Waals surface area contributed by atoms with Crippen molar-refractivity contribution in [3.8, 4) is 17.0 Å². The lowest BCUT2D eigenvalue weighted by Gasteiger charge is -2.09. The van der Waals surface area contributed by atoms with Gasteiger partial charge in [0, 0.05) is 23.2 Å². The minimum atomic E-state index is -1.07. The molecule has 0 spiro atoms. The van der Waals surface area contributed by atoms with Gasteiger partial charge >= 0.3 is 5.97 Å². The SMILES string of the molecule is CCOc1cc(Cl)c(-c2csc3nc(C(=O)O)cn23)cc1Cl. The number of hydrogen-bond donors (Lipinski definition) is 1. The van der Waals surface area contributed by atoms with E-state index >= 15 is 0 Å². The van der Waals surface area contributed by atoms with Crippen molar-refractivity contribution in [2.75, 3.05) is 6.61 Å². The molecule has 22 heavy (non-hydrogen) atoms. The fraction of sp³-hybridized carbons (Fsp3) is 0.143. The highest BCUT2D eigenvalue weighted by molar-refractivity contribution is 7.15. The number of rotatable bonds is 4. The third kappa shape index (κ3) is 2.54. The molecular formula is C14H10Cl2N2O3S. The summed E-state index contributed by atoms with van der Waals surface area (Å²) in [6, 6.07) is 3.36. The van der Waals surface area contributed by atoms with Gasteiger partial charge in [-0.15, -0.1) is 11.3 Å². The van der Waals surface area contributed by atoms with E-state index < -0.39 is 5.97 Å². The van der Waals surface area contributed by atoms with E-state index in [1.165, 1.54) is 17.5 Å². The molecule has 0 fully saturated rings. The summed E-state index contributed by atoms with van der Waals surface area (Å²) in [7, 11) is 0. The van der Waals surface area contributed by atoms with Crippen LogP contribution in [-0.4, -0.2) is 27.1 Å². The molecule has 0 aliphatic heterocycles. The Kier molecular flexibility index (Phi) is 3.99. The van der Waals surface area contributed by atoms with E-state index in [1.807, 2.05) is 12.3 Å². The first-order valence-electron chi connectivity index (χ1n) is 6.33. The van der Waals surface area contributed by atoms with Gasteiger partial charge in [-0.2, -0.15) is 0 Å². The van der Waals surface area contributed by atoms with Gasteiger partial charge in [-0.1, -0.05) is 23.2 Å². The molecule has 0 atom stereocenters. The lowest BCUT2D eigenvalue weighted by atomic mass is 10.1. The first-order valence-corrected chi connectivity index (χ1v) is 7.97. The number of halogens is 2. The zero-order valence-corrected chi connectivity index (χ0v) is 13.7. The van der Waals surface area contributed by atoms with Crippen molar-refractivity contribution in [2.24, 2.45) is 0 Å². The molecule has 0 saturated carbocycles. The molecule has 0 radical (unpaired) electrons. The summed E-state index contributed by atoms with van der Waals surface area (Å²) in [6.07, 6.45) is 1.46. The zero-order chi connectivity index (χ0) is 15.9. The molecule has 2 heterocycles. The average Bonchev–Trinajstić information content (AvgIpc) is 3.03. The van der Waals surface area contributed by atoms with Gasteiger partial charge < -0.3 is 9.84 Å². The Balaban J connectivity index is 2.14. The first kappa shape index (κ1) is 15.1. The highest BCUT2D eigenvalue weighted by Crippen LogP contribution is 2.38. The Morgan fingerprint density at radius 1 is 1.41 bits per heavy atom. The summed E-state index contributed by atoms with van der Waals surface area (Å²) in [4.78, 5) is 15.6. The third-order valence-electron chi connectivity index (χ3n) is 3.03. The molecule has 5 nitrogen and oxygen atoms in total. The number of aromatic carboxylic acids is 1. The van der Waals surface area contributed by atoms with Gasteiger partial charge in [0.2, 0.25) is 0 Å². The molecule has 0 aliphatic carbocycles. The molecule has 0 amide bonds. The predicted molar refractivity (Wildman–Crippen MR) is 86.7 cm³/mol. The van der Waals surface area contributed by atoms with Crippen LogP contribution in [-0.2, 0) is 0 Å². The van der Waals surface area contributed by atoms with Crippen LogP contribution in [0.1, 0.15) is 17.4 Å². The number of fused-ring (bicyclic) bond motifs is 1. The second-order valence-electron chi connectivity index (χ2n) is 4.40. The lowest BCUT2D eigenvalue weighted by molar-refractivity contribution is 0.0691. The first-order chi connectivity index (χ1) is 10.5. The van der Waals surface area contributed by atoms with Crippen LogP contribution < -0.4 is 4.74 Å². The molecule has 1 aromatic carbocycles. The van der Waals surface area contributed by atoms with E-state index in [0.717, 1.165) is 5.69 Å². The quantitative estimate of drug-likeness (QED) is 0.749. The highest BCUT2D eigenvalue weighted by atomic mass is 35.5. The standard InChI is InChI=1S/C14H10Cl2N2O3S/c1-2-21-12-4-8(15)7(3-9(12)16)11-6-22-14-17-10(13(19)20)5-18(11)14/h3-6H,2H2,1H3,(H,19,20). The molecule has 0 bridgehead atoms. The number of benzene rings is 1. The Morgan fingerprint density at radius 2 is 2.18 bits per heavy atom. The van der Waals surface area contributed by atoms with Crippen LogP contribution in [0.25, 0.3) is 16.2 Å². The normalized spacial score (nSPS) is 11.0. The maximum atomic E-state index is 11.0. The summed E-state index contributed by atoms with van der Waals surface area (Å²) < 4.78 is 7.09. The van der Waals surface area contributed by atoms with Gasteiger partial charge in [-0.05, 0) is 13.0 Å². The number of carbonyl (C=O) groups is 1. The Morgan fingerprint density at radius 3 is 2.86 bits per heavy atom. The fourth-order valence-electron chi connectivity index (χ4n) is 2.07. The van der Waals surface area contributed by atoms with Crippen molar-refractivity contribution in [3.05, 3.63) is 39.4 Å². The van der Waals surface area contributed by atoms with Crippen LogP contribution in [0.3, 0.4) is 0 Å². The second kappa shape index (κ2) is 5.79. The van der Waals surface area contributed by atoms with Crippen molar-refractivity contribution >= 4 is 45.5 Å². The van der Waals surface area contributed by atoms with Gasteiger partial charge in [-0.25, -0.2) is 9.78 Å². The van der Waals surface area contributed by atoms with Crippen LogP contribution in [0, 0.1) is 0 Å². The van der Waals surface area contributed by atoms with Crippen LogP contribution >= 0.6 is 34.5 Å². The lowest BCUT2D eigenvalue weighted by Crippen LogP contribution is -1.95. The minimum Gasteiger partial charge on any atom is -0.492 e. The van der Waals surface area contributed by atoms with Gasteiger partial charge in [0.15, 0.2) is 10.7 Å². The molecule has 3 rings (SSSR count). The van der Waals surface area contributed by atoms with Gasteiger partial charge in [0.25, 0.3) is 0 Å². The minimum absolute atomic E-state index is 0.0127. The van der Waals surface area contributed by atoms with E-state index in [0.29, 0.717) is 32.9 Å². The fourth-order valence-corrected chi connectivity index (χ4v) is 3.41. The molecule has 0 aliphatic rings. The number of nitrogens with zero attached hydrogens (tertiary/aromatic N) is 2. The van der Waals surface area contributed by atoms with Crippen LogP contribution in [0.5, 0.6) is 5.75 Å². The number of ether oxygens (including phenoxy) is 1. The number of carboxylic acids is 1. The summed E-state index contributed by atoms with van der Waals surface area (Å²) in [5, 5.41) is 11.8. The molecule has 8 heteroatoms. The third-order valence-corrected chi connectivity index (χ3v) is 4.47. The molecule has 0 saturated heterocycles. The van der Waals surface area contributed by atoms with Crippen molar-refractivity contribution in [2.45, 2.75) is 6.92 Å². The molecule has 2 aromatic heterocycles. The van der Waals surface area contributed by atoms with E-state index in [2.05, 4.69) is 4.98 Å². The molecule has 3 aromatic rings. The Hall–Kier alpha value is -1.76. The average molecular weight is 357 g/mol. The summed E-state index contributed by atoms with van der Waals surface area (Å²) in [5.74, 6) is -0.557. The topological polar surface area (TPSA) is 63.8 Å². The van der Waals surface area contributed by atoms with Gasteiger partial charge in [0.1, 0.15) is 5.75 Å². The largest absolute Gasteiger partial charge is 0.492 e. The van der Waals surface area contributed by atoms with Gasteiger partial charge in [-0.3, -0.25) is 4.40 Å². The second-order valence-corrected chi connectivity index (χ2v) is 6.05. The van der Waals surface area contributed by atoms with Crippen molar-refractivity contribution < 1.29 is 14.6 Å². The van der Waals surface area contributed by atoms with E-state index in [4.69, 9.17) is 33.0 Å². The maximum Gasteiger partial charge on any atom is 0.356 e. The summed E-state index contributed by atoms with van der Waals surface area (Å²) in [6.45, 7) is 2.35. The van der Waals surface area contributed by atoms with Crippen LogP contribution in [0.2, 0.25) is 10.0 Å². The van der Waals surface area contributed by atoms with Crippen molar-refractivity contribution in [1.29, 1.82) is 0 Å². The van der Waals surface area contributed by atoms with E-state index in [-0.39, 0.29) is 5.69 Å². The number of aromatic nitrogens is 2. The highest BCUT2D eigenvalue weighted by Gasteiger charge is 2.17. The number of hydrogen-bond acceptors (Lipinski definition) is 4. The summed E-state index contributed by atoms with van der Waals surface area (Å²) in [5.41, 5.74) is 1.41. The van der Waals surface area contributed by atoms with Crippen LogP contribution in [0.4, 0.5) is 0 Å². The van der Waals surface area contributed by atoms with Crippen molar-refractivity contribution in [3.63, 3.8) is 0 Å². The number of carboxylic acid groups (broad SMARTS) is 1. The Labute approximate surface area is 139 Å². The smallest absolute Gasteiger partial charge is 0.356 e.